The van der Waals surface area contributed by atoms with Crippen LogP contribution < -0.4 is 5.32 Å². The summed E-state index contributed by atoms with van der Waals surface area (Å²) in [4.78, 5) is 30.2. The van der Waals surface area contributed by atoms with Gasteiger partial charge in [0.25, 0.3) is 0 Å². The van der Waals surface area contributed by atoms with Crippen molar-refractivity contribution < 1.29 is 14.3 Å². The lowest BCUT2D eigenvalue weighted by Crippen LogP contribution is -2.23. The van der Waals surface area contributed by atoms with Crippen molar-refractivity contribution in [1.82, 2.24) is 19.6 Å². The van der Waals surface area contributed by atoms with Crippen molar-refractivity contribution in [3.05, 3.63) is 58.9 Å². The highest BCUT2D eigenvalue weighted by Crippen LogP contribution is 2.36. The summed E-state index contributed by atoms with van der Waals surface area (Å²) in [6.45, 7) is 7.56. The van der Waals surface area contributed by atoms with Gasteiger partial charge < -0.3 is 10.1 Å². The number of ether oxygens (including phenoxy) is 1. The van der Waals surface area contributed by atoms with Crippen molar-refractivity contribution in [2.45, 2.75) is 38.1 Å². The van der Waals surface area contributed by atoms with E-state index in [1.165, 1.54) is 23.1 Å². The molecule has 10 heteroatoms. The summed E-state index contributed by atoms with van der Waals surface area (Å²) >= 11 is 2.58. The summed E-state index contributed by atoms with van der Waals surface area (Å²) < 4.78 is 7.09. The summed E-state index contributed by atoms with van der Waals surface area (Å²) in [6, 6.07) is 11.4. The third kappa shape index (κ3) is 4.76. The van der Waals surface area contributed by atoms with E-state index in [0.29, 0.717) is 21.4 Å². The van der Waals surface area contributed by atoms with Gasteiger partial charge in [-0.1, -0.05) is 42.1 Å². The molecule has 0 fully saturated rings. The standard InChI is InChI=1S/C23H23N5O3S2/c1-5-31-22(30)19-17(16-9-7-6-8-10-16)12-32-21(19)25-20(29)14(3)33-23-27-26-18-11-13(2)24-15(4)28(18)23/h6-12,14H,5H2,1-4H3,(H,25,29). The molecule has 0 aliphatic heterocycles. The largest absolute Gasteiger partial charge is 0.462 e. The lowest BCUT2D eigenvalue weighted by molar-refractivity contribution is -0.115. The molecule has 0 saturated carbocycles. The Morgan fingerprint density at radius 1 is 1.21 bits per heavy atom. The van der Waals surface area contributed by atoms with Crippen LogP contribution in [0.3, 0.4) is 0 Å². The molecule has 1 unspecified atom stereocenters. The minimum Gasteiger partial charge on any atom is -0.462 e. The predicted octanol–water partition coefficient (Wildman–Crippen LogP) is 4.77. The SMILES string of the molecule is CCOC(=O)c1c(-c2ccccc2)csc1NC(=O)C(C)Sc1nnc2cc(C)nc(C)n12. The molecular formula is C23H23N5O3S2. The van der Waals surface area contributed by atoms with E-state index in [1.807, 2.05) is 60.0 Å². The summed E-state index contributed by atoms with van der Waals surface area (Å²) in [6.07, 6.45) is 0. The normalized spacial score (nSPS) is 12.0. The van der Waals surface area contributed by atoms with E-state index in [4.69, 9.17) is 4.74 Å². The van der Waals surface area contributed by atoms with Gasteiger partial charge in [-0.2, -0.15) is 0 Å². The molecule has 0 aliphatic carbocycles. The maximum atomic E-state index is 13.0. The molecule has 1 N–H and O–H groups in total. The Hall–Kier alpha value is -3.24. The molecule has 4 rings (SSSR count). The molecule has 4 aromatic rings. The predicted molar refractivity (Wildman–Crippen MR) is 130 cm³/mol. The first kappa shape index (κ1) is 22.9. The van der Waals surface area contributed by atoms with Gasteiger partial charge in [0.05, 0.1) is 11.9 Å². The van der Waals surface area contributed by atoms with Gasteiger partial charge in [0.2, 0.25) is 5.91 Å². The number of hydrogen-bond donors (Lipinski definition) is 1. The number of nitrogens with one attached hydrogen (secondary N) is 1. The number of amides is 1. The Balaban J connectivity index is 1.58. The molecule has 1 aromatic carbocycles. The number of aromatic nitrogens is 4. The molecule has 1 atom stereocenters. The van der Waals surface area contributed by atoms with Gasteiger partial charge in [-0.25, -0.2) is 9.78 Å². The van der Waals surface area contributed by atoms with Crippen LogP contribution in [0, 0.1) is 13.8 Å². The Morgan fingerprint density at radius 2 is 1.97 bits per heavy atom. The Bertz CT molecular complexity index is 1320. The van der Waals surface area contributed by atoms with Gasteiger partial charge in [0, 0.05) is 22.7 Å². The lowest BCUT2D eigenvalue weighted by Gasteiger charge is -2.12. The van der Waals surface area contributed by atoms with E-state index < -0.39 is 11.2 Å². The van der Waals surface area contributed by atoms with E-state index in [9.17, 15) is 9.59 Å². The number of thioether (sulfide) groups is 1. The number of rotatable bonds is 7. The second kappa shape index (κ2) is 9.72. The van der Waals surface area contributed by atoms with Gasteiger partial charge in [-0.05, 0) is 33.3 Å². The second-order valence-electron chi connectivity index (χ2n) is 7.31. The Morgan fingerprint density at radius 3 is 2.70 bits per heavy atom. The Labute approximate surface area is 199 Å². The minimum atomic E-state index is -0.490. The molecular weight excluding hydrogens is 458 g/mol. The van der Waals surface area contributed by atoms with E-state index in [0.717, 1.165) is 22.6 Å². The first-order chi connectivity index (χ1) is 15.9. The number of carbonyl (C=O) groups excluding carboxylic acids is 2. The fourth-order valence-electron chi connectivity index (χ4n) is 3.39. The maximum absolute atomic E-state index is 13.0. The van der Waals surface area contributed by atoms with Crippen LogP contribution in [0.25, 0.3) is 16.8 Å². The summed E-state index contributed by atoms with van der Waals surface area (Å²) in [5.41, 5.74) is 3.52. The van der Waals surface area contributed by atoms with Gasteiger partial charge in [0.15, 0.2) is 10.8 Å². The number of anilines is 1. The third-order valence-electron chi connectivity index (χ3n) is 4.90. The molecule has 0 spiro atoms. The average Bonchev–Trinajstić information content (AvgIpc) is 3.38. The van der Waals surface area contributed by atoms with Gasteiger partial charge in [-0.15, -0.1) is 21.5 Å². The van der Waals surface area contributed by atoms with E-state index in [1.54, 1.807) is 13.8 Å². The fourth-order valence-corrected chi connectivity index (χ4v) is 5.25. The molecule has 1 amide bonds. The zero-order chi connectivity index (χ0) is 23.5. The topological polar surface area (TPSA) is 98.5 Å². The lowest BCUT2D eigenvalue weighted by atomic mass is 10.0. The van der Waals surface area contributed by atoms with E-state index >= 15 is 0 Å². The first-order valence-electron chi connectivity index (χ1n) is 10.4. The highest BCUT2D eigenvalue weighted by atomic mass is 32.2. The molecule has 3 aromatic heterocycles. The molecule has 33 heavy (non-hydrogen) atoms. The fraction of sp³-hybridized carbons (Fsp3) is 0.261. The van der Waals surface area contributed by atoms with Crippen LogP contribution in [0.1, 0.15) is 35.7 Å². The first-order valence-corrected chi connectivity index (χ1v) is 12.2. The smallest absolute Gasteiger partial charge is 0.341 e. The zero-order valence-corrected chi connectivity index (χ0v) is 20.3. The quantitative estimate of drug-likeness (QED) is 0.300. The molecule has 0 radical (unpaired) electrons. The number of benzene rings is 1. The molecule has 3 heterocycles. The highest BCUT2D eigenvalue weighted by Gasteiger charge is 2.25. The van der Waals surface area contributed by atoms with Crippen molar-refractivity contribution in [3.63, 3.8) is 0 Å². The van der Waals surface area contributed by atoms with Crippen molar-refractivity contribution in [3.8, 4) is 11.1 Å². The van der Waals surface area contributed by atoms with Crippen molar-refractivity contribution >= 4 is 45.6 Å². The van der Waals surface area contributed by atoms with Crippen LogP contribution in [-0.4, -0.2) is 43.3 Å². The van der Waals surface area contributed by atoms with Crippen LogP contribution in [0.15, 0.2) is 46.9 Å². The van der Waals surface area contributed by atoms with Crippen LogP contribution >= 0.6 is 23.1 Å². The number of esters is 1. The van der Waals surface area contributed by atoms with E-state index in [-0.39, 0.29) is 12.5 Å². The monoisotopic (exact) mass is 481 g/mol. The van der Waals surface area contributed by atoms with Gasteiger partial charge in [0.1, 0.15) is 16.4 Å². The number of aryl methyl sites for hydroxylation is 2. The number of fused-ring (bicyclic) bond motifs is 1. The summed E-state index contributed by atoms with van der Waals surface area (Å²) in [5.74, 6) is 0.0377. The van der Waals surface area contributed by atoms with Crippen molar-refractivity contribution in [2.24, 2.45) is 0 Å². The summed E-state index contributed by atoms with van der Waals surface area (Å²) in [7, 11) is 0. The van der Waals surface area contributed by atoms with Gasteiger partial charge >= 0.3 is 5.97 Å². The van der Waals surface area contributed by atoms with Crippen LogP contribution in [0.2, 0.25) is 0 Å². The van der Waals surface area contributed by atoms with Gasteiger partial charge in [-0.3, -0.25) is 9.20 Å². The number of thiophene rings is 1. The molecule has 0 bridgehead atoms. The minimum absolute atomic E-state index is 0.245. The maximum Gasteiger partial charge on any atom is 0.341 e. The number of nitrogens with zero attached hydrogens (tertiary/aromatic N) is 4. The van der Waals surface area contributed by atoms with Crippen LogP contribution in [0.4, 0.5) is 5.00 Å². The third-order valence-corrected chi connectivity index (χ3v) is 6.84. The molecule has 0 saturated heterocycles. The summed E-state index contributed by atoms with van der Waals surface area (Å²) in [5, 5.41) is 13.7. The number of carbonyl (C=O) groups is 2. The highest BCUT2D eigenvalue weighted by molar-refractivity contribution is 8.00. The molecule has 8 nitrogen and oxygen atoms in total. The van der Waals surface area contributed by atoms with Crippen molar-refractivity contribution in [2.75, 3.05) is 11.9 Å². The van der Waals surface area contributed by atoms with Crippen LogP contribution in [-0.2, 0) is 9.53 Å². The number of hydrogen-bond acceptors (Lipinski definition) is 8. The van der Waals surface area contributed by atoms with Crippen LogP contribution in [0.5, 0.6) is 0 Å². The zero-order valence-electron chi connectivity index (χ0n) is 18.7. The van der Waals surface area contributed by atoms with Crippen molar-refractivity contribution in [1.29, 1.82) is 0 Å². The Kier molecular flexibility index (Phi) is 6.75. The second-order valence-corrected chi connectivity index (χ2v) is 9.50. The molecule has 170 valence electrons. The molecule has 0 aliphatic rings. The van der Waals surface area contributed by atoms with E-state index in [2.05, 4.69) is 20.5 Å². The average molecular weight is 482 g/mol.